The van der Waals surface area contributed by atoms with Gasteiger partial charge in [-0.25, -0.2) is 8.42 Å². The molecule has 0 radical (unpaired) electrons. The monoisotopic (exact) mass is 345 g/mol. The van der Waals surface area contributed by atoms with Gasteiger partial charge in [-0.3, -0.25) is 9.52 Å². The second-order valence-electron chi connectivity index (χ2n) is 5.68. The Kier molecular flexibility index (Phi) is 5.84. The van der Waals surface area contributed by atoms with E-state index in [4.69, 9.17) is 15.2 Å². The standard InChI is InChI=1S/C14H23N3O5S/c1-14(2,8-15)16-13(18)9-6-10(17-23(5,19)20)12(22-4)11(7-9)21-3/h6-7,17H,8,15H2,1-5H3,(H,16,18). The van der Waals surface area contributed by atoms with Crippen molar-refractivity contribution >= 4 is 21.6 Å². The van der Waals surface area contributed by atoms with E-state index in [0.717, 1.165) is 6.26 Å². The third-order valence-corrected chi connectivity index (χ3v) is 3.59. The van der Waals surface area contributed by atoms with Crippen molar-refractivity contribution < 1.29 is 22.7 Å². The van der Waals surface area contributed by atoms with E-state index in [-0.39, 0.29) is 29.3 Å². The number of benzene rings is 1. The van der Waals surface area contributed by atoms with Crippen molar-refractivity contribution in [3.8, 4) is 11.5 Å². The molecule has 8 nitrogen and oxygen atoms in total. The van der Waals surface area contributed by atoms with Crippen LogP contribution in [0.25, 0.3) is 0 Å². The average Bonchev–Trinajstić information content (AvgIpc) is 2.44. The summed E-state index contributed by atoms with van der Waals surface area (Å²) in [5.74, 6) is 0.0161. The van der Waals surface area contributed by atoms with Crippen molar-refractivity contribution in [3.63, 3.8) is 0 Å². The molecule has 0 fully saturated rings. The molecule has 0 aliphatic heterocycles. The van der Waals surface area contributed by atoms with Crippen molar-refractivity contribution in [1.82, 2.24) is 5.32 Å². The first-order valence-electron chi connectivity index (χ1n) is 6.79. The fraction of sp³-hybridized carbons (Fsp3) is 0.500. The van der Waals surface area contributed by atoms with Crippen LogP contribution in [0, 0.1) is 0 Å². The number of rotatable bonds is 7. The number of hydrogen-bond donors (Lipinski definition) is 3. The van der Waals surface area contributed by atoms with Crippen molar-refractivity contribution in [1.29, 1.82) is 0 Å². The van der Waals surface area contributed by atoms with E-state index >= 15 is 0 Å². The lowest BCUT2D eigenvalue weighted by Crippen LogP contribution is -2.48. The minimum atomic E-state index is -3.55. The molecule has 0 spiro atoms. The zero-order valence-corrected chi connectivity index (χ0v) is 14.7. The SMILES string of the molecule is COc1cc(C(=O)NC(C)(C)CN)cc(NS(C)(=O)=O)c1OC. The van der Waals surface area contributed by atoms with Crippen LogP contribution in [-0.4, -0.2) is 46.9 Å². The van der Waals surface area contributed by atoms with Gasteiger partial charge >= 0.3 is 0 Å². The highest BCUT2D eigenvalue weighted by atomic mass is 32.2. The van der Waals surface area contributed by atoms with Gasteiger partial charge in [-0.2, -0.15) is 0 Å². The van der Waals surface area contributed by atoms with Crippen LogP contribution < -0.4 is 25.2 Å². The van der Waals surface area contributed by atoms with Gasteiger partial charge in [0.15, 0.2) is 11.5 Å². The Morgan fingerprint density at radius 1 is 1.26 bits per heavy atom. The van der Waals surface area contributed by atoms with Gasteiger partial charge in [-0.05, 0) is 26.0 Å². The van der Waals surface area contributed by atoms with Crippen LogP contribution in [0.15, 0.2) is 12.1 Å². The Bertz CT molecular complexity index is 686. The molecular weight excluding hydrogens is 322 g/mol. The van der Waals surface area contributed by atoms with Crippen LogP contribution in [0.5, 0.6) is 11.5 Å². The molecule has 0 bridgehead atoms. The molecular formula is C14H23N3O5S. The molecule has 23 heavy (non-hydrogen) atoms. The Labute approximate surface area is 136 Å². The summed E-state index contributed by atoms with van der Waals surface area (Å²) in [6.07, 6.45) is 1.00. The highest BCUT2D eigenvalue weighted by Gasteiger charge is 2.22. The summed E-state index contributed by atoms with van der Waals surface area (Å²) in [6.45, 7) is 3.81. The Morgan fingerprint density at radius 3 is 2.30 bits per heavy atom. The molecule has 0 aliphatic carbocycles. The third-order valence-electron chi connectivity index (χ3n) is 3.00. The molecule has 1 rings (SSSR count). The number of ether oxygens (including phenoxy) is 2. The molecule has 0 atom stereocenters. The third kappa shape index (κ3) is 5.29. The first-order valence-corrected chi connectivity index (χ1v) is 8.68. The van der Waals surface area contributed by atoms with Gasteiger partial charge < -0.3 is 20.5 Å². The second-order valence-corrected chi connectivity index (χ2v) is 7.42. The minimum absolute atomic E-state index is 0.116. The normalized spacial score (nSPS) is 11.7. The number of carbonyl (C=O) groups excluding carboxylic acids is 1. The maximum atomic E-state index is 12.4. The zero-order chi connectivity index (χ0) is 17.8. The van der Waals surface area contributed by atoms with Gasteiger partial charge in [0.2, 0.25) is 10.0 Å². The van der Waals surface area contributed by atoms with Crippen LogP contribution in [0.1, 0.15) is 24.2 Å². The van der Waals surface area contributed by atoms with Crippen LogP contribution in [0.4, 0.5) is 5.69 Å². The van der Waals surface area contributed by atoms with Crippen molar-refractivity contribution in [2.75, 3.05) is 31.7 Å². The predicted molar refractivity (Wildman–Crippen MR) is 88.6 cm³/mol. The number of nitrogens with one attached hydrogen (secondary N) is 2. The predicted octanol–water partition coefficient (Wildman–Crippen LogP) is 0.542. The van der Waals surface area contributed by atoms with Gasteiger partial charge in [0.25, 0.3) is 5.91 Å². The Hall–Kier alpha value is -2.00. The number of nitrogens with two attached hydrogens (primary N) is 1. The van der Waals surface area contributed by atoms with E-state index in [9.17, 15) is 13.2 Å². The molecule has 0 heterocycles. The summed E-state index contributed by atoms with van der Waals surface area (Å²) in [4.78, 5) is 12.4. The molecule has 0 saturated carbocycles. The number of anilines is 1. The number of carbonyl (C=O) groups is 1. The largest absolute Gasteiger partial charge is 0.493 e. The Balaban J connectivity index is 3.34. The Morgan fingerprint density at radius 2 is 1.87 bits per heavy atom. The van der Waals surface area contributed by atoms with Crippen LogP contribution in [0.3, 0.4) is 0 Å². The van der Waals surface area contributed by atoms with Crippen LogP contribution in [0.2, 0.25) is 0 Å². The maximum Gasteiger partial charge on any atom is 0.251 e. The van der Waals surface area contributed by atoms with E-state index in [1.807, 2.05) is 0 Å². The highest BCUT2D eigenvalue weighted by molar-refractivity contribution is 7.92. The van der Waals surface area contributed by atoms with E-state index in [1.54, 1.807) is 13.8 Å². The molecule has 0 aliphatic rings. The molecule has 0 aromatic heterocycles. The second kappa shape index (κ2) is 7.05. The number of sulfonamides is 1. The van der Waals surface area contributed by atoms with Gasteiger partial charge in [0.1, 0.15) is 0 Å². The molecule has 9 heteroatoms. The summed E-state index contributed by atoms with van der Waals surface area (Å²) in [6, 6.07) is 2.85. The average molecular weight is 345 g/mol. The lowest BCUT2D eigenvalue weighted by atomic mass is 10.0. The number of hydrogen-bond acceptors (Lipinski definition) is 6. The zero-order valence-electron chi connectivity index (χ0n) is 13.9. The number of methoxy groups -OCH3 is 2. The topological polar surface area (TPSA) is 120 Å². The van der Waals surface area contributed by atoms with Gasteiger partial charge in [-0.1, -0.05) is 0 Å². The van der Waals surface area contributed by atoms with Gasteiger partial charge in [0, 0.05) is 17.6 Å². The maximum absolute atomic E-state index is 12.4. The van der Waals surface area contributed by atoms with Gasteiger partial charge in [0.05, 0.1) is 26.2 Å². The highest BCUT2D eigenvalue weighted by Crippen LogP contribution is 2.37. The fourth-order valence-corrected chi connectivity index (χ4v) is 2.35. The molecule has 0 unspecified atom stereocenters. The summed E-state index contributed by atoms with van der Waals surface area (Å²) in [7, 11) is -0.780. The quantitative estimate of drug-likeness (QED) is 0.663. The minimum Gasteiger partial charge on any atom is -0.493 e. The lowest BCUT2D eigenvalue weighted by molar-refractivity contribution is 0.0915. The van der Waals surface area contributed by atoms with E-state index in [1.165, 1.54) is 26.4 Å². The first kappa shape index (κ1) is 19.0. The van der Waals surface area contributed by atoms with E-state index in [0.29, 0.717) is 0 Å². The summed E-state index contributed by atoms with van der Waals surface area (Å²) >= 11 is 0. The number of amides is 1. The van der Waals surface area contributed by atoms with E-state index < -0.39 is 21.5 Å². The van der Waals surface area contributed by atoms with Crippen molar-refractivity contribution in [2.45, 2.75) is 19.4 Å². The molecule has 1 aromatic carbocycles. The smallest absolute Gasteiger partial charge is 0.251 e. The molecule has 4 N–H and O–H groups in total. The van der Waals surface area contributed by atoms with Crippen molar-refractivity contribution in [2.24, 2.45) is 5.73 Å². The molecule has 1 amide bonds. The summed E-state index contributed by atoms with van der Waals surface area (Å²) in [5.41, 5.74) is 5.33. The van der Waals surface area contributed by atoms with E-state index in [2.05, 4.69) is 10.0 Å². The van der Waals surface area contributed by atoms with Crippen LogP contribution >= 0.6 is 0 Å². The van der Waals surface area contributed by atoms with Gasteiger partial charge in [-0.15, -0.1) is 0 Å². The first-order chi connectivity index (χ1) is 10.5. The molecule has 1 aromatic rings. The summed E-state index contributed by atoms with van der Waals surface area (Å²) < 4.78 is 35.7. The molecule has 0 saturated heterocycles. The van der Waals surface area contributed by atoms with Crippen LogP contribution in [-0.2, 0) is 10.0 Å². The fourth-order valence-electron chi connectivity index (χ4n) is 1.80. The molecule has 130 valence electrons. The lowest BCUT2D eigenvalue weighted by Gasteiger charge is -2.24. The summed E-state index contributed by atoms with van der Waals surface area (Å²) in [5, 5.41) is 2.76. The van der Waals surface area contributed by atoms with Crippen molar-refractivity contribution in [3.05, 3.63) is 17.7 Å².